The highest BCUT2D eigenvalue weighted by Gasteiger charge is 2.28. The fourth-order valence-electron chi connectivity index (χ4n) is 5.37. The summed E-state index contributed by atoms with van der Waals surface area (Å²) in [4.78, 5) is 61.6. The second-order valence-corrected chi connectivity index (χ2v) is 11.8. The molecular weight excluding hydrogens is 606 g/mol. The zero-order valence-electron chi connectivity index (χ0n) is 25.5. The summed E-state index contributed by atoms with van der Waals surface area (Å²) in [7, 11) is 0. The van der Waals surface area contributed by atoms with Gasteiger partial charge in [-0.05, 0) is 17.2 Å². The summed E-state index contributed by atoms with van der Waals surface area (Å²) in [6, 6.07) is 13.1. The van der Waals surface area contributed by atoms with Gasteiger partial charge in [0, 0.05) is 66.6 Å². The molecule has 2 aromatic heterocycles. The highest BCUT2D eigenvalue weighted by atomic mass is 32.1. The number of para-hydroxylation sites is 1. The van der Waals surface area contributed by atoms with Crippen LogP contribution in [0.5, 0.6) is 0 Å². The smallest absolute Gasteiger partial charge is 0.243 e. The van der Waals surface area contributed by atoms with Crippen molar-refractivity contribution in [2.24, 2.45) is 0 Å². The standard InChI is InChI=1S/C33H37N7O5S/c1-2-28(41)39-27(17-21-7-3-4-9-24(21)31(34)40-12-14-45-15-13-40)32(44)37-20-29(42)38-26(30(43)33-35-11-16-46-33)18-22-19-36-25-10-6-5-8-23(22)25/h3-11,16,19,26-27,34,36H,2,12-15,17-18,20H2,1H3,(H,37,44)(H,38,42)(H,39,41). The number of rotatable bonds is 13. The number of fused-ring (bicyclic) bond motifs is 1. The first-order chi connectivity index (χ1) is 22.3. The van der Waals surface area contributed by atoms with E-state index < -0.39 is 30.4 Å². The lowest BCUT2D eigenvalue weighted by atomic mass is 9.98. The molecule has 0 radical (unpaired) electrons. The van der Waals surface area contributed by atoms with Crippen LogP contribution in [0.4, 0.5) is 0 Å². The number of carbonyl (C=O) groups excluding carboxylic acids is 4. The van der Waals surface area contributed by atoms with E-state index in [4.69, 9.17) is 10.1 Å². The van der Waals surface area contributed by atoms with E-state index in [0.29, 0.717) is 43.3 Å². The number of morpholine rings is 1. The number of ketones is 1. The van der Waals surface area contributed by atoms with E-state index in [9.17, 15) is 19.2 Å². The first-order valence-corrected chi connectivity index (χ1v) is 16.1. The number of amides is 3. The number of H-pyrrole nitrogens is 1. The third kappa shape index (κ3) is 8.03. The van der Waals surface area contributed by atoms with Crippen molar-refractivity contribution in [3.05, 3.63) is 88.0 Å². The molecule has 1 aliphatic rings. The zero-order chi connectivity index (χ0) is 32.5. The number of hydrogen-bond donors (Lipinski definition) is 5. The normalized spacial score (nSPS) is 14.3. The van der Waals surface area contributed by atoms with Gasteiger partial charge in [-0.25, -0.2) is 4.98 Å². The van der Waals surface area contributed by atoms with Gasteiger partial charge in [-0.15, -0.1) is 11.3 Å². The Hall–Kier alpha value is -4.88. The summed E-state index contributed by atoms with van der Waals surface area (Å²) in [6.07, 6.45) is 3.87. The van der Waals surface area contributed by atoms with Gasteiger partial charge in [0.2, 0.25) is 23.5 Å². The maximum Gasteiger partial charge on any atom is 0.243 e. The van der Waals surface area contributed by atoms with Crippen LogP contribution in [0.3, 0.4) is 0 Å². The molecule has 3 heterocycles. The van der Waals surface area contributed by atoms with Crippen LogP contribution in [-0.4, -0.2) is 89.1 Å². The van der Waals surface area contributed by atoms with E-state index in [2.05, 4.69) is 25.9 Å². The molecule has 1 fully saturated rings. The number of hydrogen-bond acceptors (Lipinski definition) is 8. The molecule has 240 valence electrons. The molecule has 0 saturated carbocycles. The van der Waals surface area contributed by atoms with Gasteiger partial charge in [-0.3, -0.25) is 24.6 Å². The Morgan fingerprint density at radius 1 is 0.978 bits per heavy atom. The van der Waals surface area contributed by atoms with Crippen molar-refractivity contribution in [2.75, 3.05) is 32.8 Å². The van der Waals surface area contributed by atoms with Crippen molar-refractivity contribution in [1.82, 2.24) is 30.8 Å². The second-order valence-electron chi connectivity index (χ2n) is 10.9. The van der Waals surface area contributed by atoms with Crippen LogP contribution in [0, 0.1) is 5.41 Å². The Morgan fingerprint density at radius 3 is 2.46 bits per heavy atom. The van der Waals surface area contributed by atoms with Crippen LogP contribution < -0.4 is 16.0 Å². The topological polar surface area (TPSA) is 169 Å². The molecule has 4 aromatic rings. The lowest BCUT2D eigenvalue weighted by Crippen LogP contribution is -2.52. The predicted molar refractivity (Wildman–Crippen MR) is 175 cm³/mol. The average Bonchev–Trinajstić information content (AvgIpc) is 3.77. The van der Waals surface area contributed by atoms with Crippen LogP contribution in [0.15, 0.2) is 66.3 Å². The summed E-state index contributed by atoms with van der Waals surface area (Å²) >= 11 is 1.19. The van der Waals surface area contributed by atoms with Gasteiger partial charge in [-0.1, -0.05) is 49.4 Å². The fourth-order valence-corrected chi connectivity index (χ4v) is 6.00. The first kappa shape index (κ1) is 32.5. The SMILES string of the molecule is CCC(=O)NC(Cc1ccccc1C(=N)N1CCOCC1)C(=O)NCC(=O)NC(Cc1c[nH]c2ccccc12)C(=O)c1nccs1. The third-order valence-electron chi connectivity index (χ3n) is 7.81. The summed E-state index contributed by atoms with van der Waals surface area (Å²) in [5, 5.41) is 19.9. The Balaban J connectivity index is 1.27. The van der Waals surface area contributed by atoms with Gasteiger partial charge >= 0.3 is 0 Å². The highest BCUT2D eigenvalue weighted by molar-refractivity contribution is 7.11. The molecule has 12 nitrogen and oxygen atoms in total. The molecule has 1 aliphatic heterocycles. The average molecular weight is 644 g/mol. The molecule has 5 N–H and O–H groups in total. The molecule has 1 saturated heterocycles. The number of carbonyl (C=O) groups is 4. The maximum atomic E-state index is 13.4. The Bertz CT molecular complexity index is 1700. The van der Waals surface area contributed by atoms with Crippen molar-refractivity contribution < 1.29 is 23.9 Å². The number of aromatic amines is 1. The highest BCUT2D eigenvalue weighted by Crippen LogP contribution is 2.21. The molecule has 0 spiro atoms. The zero-order valence-corrected chi connectivity index (χ0v) is 26.3. The third-order valence-corrected chi connectivity index (χ3v) is 8.60. The van der Waals surface area contributed by atoms with E-state index in [0.717, 1.165) is 16.5 Å². The van der Waals surface area contributed by atoms with Crippen LogP contribution in [0.1, 0.15) is 39.8 Å². The second kappa shape index (κ2) is 15.4. The van der Waals surface area contributed by atoms with Gasteiger partial charge in [0.25, 0.3) is 0 Å². The molecule has 2 atom stereocenters. The predicted octanol–water partition coefficient (Wildman–Crippen LogP) is 2.45. The summed E-state index contributed by atoms with van der Waals surface area (Å²) in [5.41, 5.74) is 3.15. The number of thiazole rings is 1. The minimum Gasteiger partial charge on any atom is -0.378 e. The first-order valence-electron chi connectivity index (χ1n) is 15.2. The lowest BCUT2D eigenvalue weighted by Gasteiger charge is -2.30. The maximum absolute atomic E-state index is 13.4. The van der Waals surface area contributed by atoms with Crippen molar-refractivity contribution in [1.29, 1.82) is 5.41 Å². The fraction of sp³-hybridized carbons (Fsp3) is 0.333. The Kier molecular flexibility index (Phi) is 10.9. The Labute approximate surface area is 270 Å². The molecule has 13 heteroatoms. The molecule has 2 aromatic carbocycles. The number of amidine groups is 1. The van der Waals surface area contributed by atoms with E-state index in [1.807, 2.05) is 59.6 Å². The molecule has 0 aliphatic carbocycles. The van der Waals surface area contributed by atoms with E-state index >= 15 is 0 Å². The molecular formula is C33H37N7O5S. The number of nitrogens with zero attached hydrogens (tertiary/aromatic N) is 2. The lowest BCUT2D eigenvalue weighted by molar-refractivity contribution is -0.130. The van der Waals surface area contributed by atoms with Crippen molar-refractivity contribution in [2.45, 2.75) is 38.3 Å². The minimum absolute atomic E-state index is 0.119. The van der Waals surface area contributed by atoms with Crippen molar-refractivity contribution >= 4 is 51.6 Å². The van der Waals surface area contributed by atoms with Gasteiger partial charge in [0.05, 0.1) is 25.8 Å². The van der Waals surface area contributed by atoms with Gasteiger partial charge in [0.15, 0.2) is 5.01 Å². The molecule has 46 heavy (non-hydrogen) atoms. The molecule has 3 amide bonds. The van der Waals surface area contributed by atoms with Gasteiger partial charge in [-0.2, -0.15) is 0 Å². The Morgan fingerprint density at radius 2 is 1.70 bits per heavy atom. The van der Waals surface area contributed by atoms with Crippen LogP contribution >= 0.6 is 11.3 Å². The van der Waals surface area contributed by atoms with Crippen LogP contribution in [0.2, 0.25) is 0 Å². The quantitative estimate of drug-likeness (QED) is 0.0847. The summed E-state index contributed by atoms with van der Waals surface area (Å²) in [6.45, 7) is 3.52. The van der Waals surface area contributed by atoms with E-state index in [1.54, 1.807) is 12.3 Å². The number of benzene rings is 2. The summed E-state index contributed by atoms with van der Waals surface area (Å²) < 4.78 is 5.42. The molecule has 0 bridgehead atoms. The number of nitrogens with one attached hydrogen (secondary N) is 5. The largest absolute Gasteiger partial charge is 0.378 e. The number of ether oxygens (including phenoxy) is 1. The van der Waals surface area contributed by atoms with Crippen molar-refractivity contribution in [3.8, 4) is 0 Å². The van der Waals surface area contributed by atoms with Crippen molar-refractivity contribution in [3.63, 3.8) is 0 Å². The molecule has 2 unspecified atom stereocenters. The number of aromatic nitrogens is 2. The van der Waals surface area contributed by atoms with E-state index in [-0.39, 0.29) is 36.0 Å². The van der Waals surface area contributed by atoms with Crippen LogP contribution in [0.25, 0.3) is 10.9 Å². The molecule has 5 rings (SSSR count). The van der Waals surface area contributed by atoms with Gasteiger partial charge < -0.3 is 30.6 Å². The summed E-state index contributed by atoms with van der Waals surface area (Å²) in [5.74, 6) is -1.43. The number of Topliss-reactive ketones (excluding diaryl/α,β-unsaturated/α-hetero) is 1. The minimum atomic E-state index is -0.988. The monoisotopic (exact) mass is 643 g/mol. The van der Waals surface area contributed by atoms with Crippen LogP contribution in [-0.2, 0) is 32.0 Å². The van der Waals surface area contributed by atoms with Gasteiger partial charge in [0.1, 0.15) is 11.9 Å². The van der Waals surface area contributed by atoms with E-state index in [1.165, 1.54) is 17.5 Å².